The largest absolute Gasteiger partial charge is 0.449 e. The number of pyridine rings is 1. The third kappa shape index (κ3) is 3.31. The Labute approximate surface area is 124 Å². The van der Waals surface area contributed by atoms with Gasteiger partial charge in [0.1, 0.15) is 11.9 Å². The zero-order valence-electron chi connectivity index (χ0n) is 10.7. The summed E-state index contributed by atoms with van der Waals surface area (Å²) in [7, 11) is 1.85. The number of hydrogen-bond acceptors (Lipinski definition) is 5. The van der Waals surface area contributed by atoms with Crippen LogP contribution in [0.5, 0.6) is 11.5 Å². The molecule has 0 spiro atoms. The lowest BCUT2D eigenvalue weighted by Crippen LogP contribution is -2.04. The first-order chi connectivity index (χ1) is 9.61. The van der Waals surface area contributed by atoms with Gasteiger partial charge in [-0.3, -0.25) is 15.1 Å². The number of hydrogen-bond donors (Lipinski definition) is 1. The van der Waals surface area contributed by atoms with E-state index in [1.807, 2.05) is 25.2 Å². The van der Waals surface area contributed by atoms with Gasteiger partial charge in [0.05, 0.1) is 9.40 Å². The van der Waals surface area contributed by atoms with Gasteiger partial charge in [-0.15, -0.1) is 0 Å². The zero-order valence-corrected chi connectivity index (χ0v) is 12.3. The summed E-state index contributed by atoms with van der Waals surface area (Å²) in [5.74, 6) is 0.680. The van der Waals surface area contributed by atoms with Crippen molar-refractivity contribution in [3.8, 4) is 11.5 Å². The molecule has 6 nitrogen and oxygen atoms in total. The van der Waals surface area contributed by atoms with E-state index in [1.165, 1.54) is 6.20 Å². The predicted molar refractivity (Wildman–Crippen MR) is 77.9 cm³/mol. The second kappa shape index (κ2) is 6.44. The summed E-state index contributed by atoms with van der Waals surface area (Å²) in [6.45, 7) is 0.691. The fourth-order valence-electron chi connectivity index (χ4n) is 1.68. The molecule has 0 aliphatic carbocycles. The number of aromatic nitrogens is 1. The van der Waals surface area contributed by atoms with Crippen molar-refractivity contribution in [2.75, 3.05) is 7.05 Å². The van der Waals surface area contributed by atoms with Gasteiger partial charge in [-0.25, -0.2) is 0 Å². The Hall–Kier alpha value is -1.99. The molecule has 0 bridgehead atoms. The maximum Gasteiger partial charge on any atom is 0.330 e. The smallest absolute Gasteiger partial charge is 0.330 e. The molecule has 1 N–H and O–H groups in total. The van der Waals surface area contributed by atoms with Crippen LogP contribution < -0.4 is 10.1 Å². The summed E-state index contributed by atoms with van der Waals surface area (Å²) >= 11 is 3.22. The molecule has 0 saturated carbocycles. The Morgan fingerprint density at radius 2 is 2.25 bits per heavy atom. The van der Waals surface area contributed by atoms with Crippen LogP contribution in [0.3, 0.4) is 0 Å². The fraction of sp³-hybridized carbons (Fsp3) is 0.154. The minimum absolute atomic E-state index is 0.145. The molecule has 0 aliphatic heterocycles. The SMILES string of the molecule is CNCc1cccc(Oc2c(Br)cncc2[N+](=O)[O-])c1. The van der Waals surface area contributed by atoms with Crippen LogP contribution in [0.1, 0.15) is 5.56 Å². The van der Waals surface area contributed by atoms with E-state index in [0.29, 0.717) is 16.8 Å². The van der Waals surface area contributed by atoms with E-state index in [-0.39, 0.29) is 11.4 Å². The van der Waals surface area contributed by atoms with E-state index in [1.54, 1.807) is 6.07 Å². The van der Waals surface area contributed by atoms with Crippen LogP contribution in [-0.2, 0) is 6.54 Å². The molecule has 2 aromatic rings. The van der Waals surface area contributed by atoms with Crippen molar-refractivity contribution in [3.05, 3.63) is 56.8 Å². The van der Waals surface area contributed by atoms with E-state index in [9.17, 15) is 10.1 Å². The maximum absolute atomic E-state index is 11.0. The van der Waals surface area contributed by atoms with Crippen LogP contribution in [0.4, 0.5) is 5.69 Å². The highest BCUT2D eigenvalue weighted by molar-refractivity contribution is 9.10. The summed E-state index contributed by atoms with van der Waals surface area (Å²) in [6, 6.07) is 7.35. The molecule has 0 radical (unpaired) electrons. The fourth-order valence-corrected chi connectivity index (χ4v) is 2.09. The summed E-state index contributed by atoms with van der Waals surface area (Å²) in [4.78, 5) is 14.2. The van der Waals surface area contributed by atoms with Crippen LogP contribution in [0, 0.1) is 10.1 Å². The summed E-state index contributed by atoms with van der Waals surface area (Å²) in [6.07, 6.45) is 2.62. The van der Waals surface area contributed by atoms with Crippen molar-refractivity contribution >= 4 is 21.6 Å². The van der Waals surface area contributed by atoms with Crippen molar-refractivity contribution in [3.63, 3.8) is 0 Å². The quantitative estimate of drug-likeness (QED) is 0.669. The second-order valence-corrected chi connectivity index (χ2v) is 4.86. The molecule has 0 saturated heterocycles. The van der Waals surface area contributed by atoms with Gasteiger partial charge < -0.3 is 10.1 Å². The first-order valence-corrected chi connectivity index (χ1v) is 6.60. The maximum atomic E-state index is 11.0. The van der Waals surface area contributed by atoms with Gasteiger partial charge in [-0.1, -0.05) is 12.1 Å². The molecule has 104 valence electrons. The third-order valence-corrected chi connectivity index (χ3v) is 3.10. The first kappa shape index (κ1) is 14.4. The molecular weight excluding hydrogens is 326 g/mol. The highest BCUT2D eigenvalue weighted by Crippen LogP contribution is 2.37. The number of nitro groups is 1. The Morgan fingerprint density at radius 3 is 2.95 bits per heavy atom. The lowest BCUT2D eigenvalue weighted by Gasteiger charge is -2.09. The summed E-state index contributed by atoms with van der Waals surface area (Å²) < 4.78 is 6.07. The van der Waals surface area contributed by atoms with Crippen molar-refractivity contribution in [1.82, 2.24) is 10.3 Å². The topological polar surface area (TPSA) is 77.3 Å². The molecule has 0 aliphatic rings. The Morgan fingerprint density at radius 1 is 1.45 bits per heavy atom. The van der Waals surface area contributed by atoms with Crippen molar-refractivity contribution in [2.24, 2.45) is 0 Å². The first-order valence-electron chi connectivity index (χ1n) is 5.81. The molecule has 1 aromatic carbocycles. The highest BCUT2D eigenvalue weighted by Gasteiger charge is 2.19. The van der Waals surface area contributed by atoms with Crippen LogP contribution in [-0.4, -0.2) is 17.0 Å². The molecule has 0 unspecified atom stereocenters. The lowest BCUT2D eigenvalue weighted by molar-refractivity contribution is -0.386. The molecule has 0 atom stereocenters. The molecule has 0 amide bonds. The molecule has 1 aromatic heterocycles. The lowest BCUT2D eigenvalue weighted by atomic mass is 10.2. The molecule has 0 fully saturated rings. The third-order valence-electron chi connectivity index (χ3n) is 2.53. The number of halogens is 1. The van der Waals surface area contributed by atoms with Gasteiger partial charge in [0.15, 0.2) is 0 Å². The van der Waals surface area contributed by atoms with Gasteiger partial charge in [0.2, 0.25) is 5.75 Å². The minimum atomic E-state index is -0.523. The number of nitrogens with zero attached hydrogens (tertiary/aromatic N) is 2. The molecule has 7 heteroatoms. The standard InChI is InChI=1S/C13H12BrN3O3/c1-15-6-9-3-2-4-10(5-9)20-13-11(14)7-16-8-12(13)17(18)19/h2-5,7-8,15H,6H2,1H3. The van der Waals surface area contributed by atoms with Crippen LogP contribution in [0.25, 0.3) is 0 Å². The van der Waals surface area contributed by atoms with Gasteiger partial charge in [0, 0.05) is 12.7 Å². The Kier molecular flexibility index (Phi) is 4.65. The van der Waals surface area contributed by atoms with Gasteiger partial charge in [-0.2, -0.15) is 0 Å². The van der Waals surface area contributed by atoms with Crippen molar-refractivity contribution in [1.29, 1.82) is 0 Å². The van der Waals surface area contributed by atoms with E-state index in [4.69, 9.17) is 4.74 Å². The molecule has 1 heterocycles. The monoisotopic (exact) mass is 337 g/mol. The van der Waals surface area contributed by atoms with Crippen LogP contribution >= 0.6 is 15.9 Å². The Bertz CT molecular complexity index is 634. The van der Waals surface area contributed by atoms with E-state index < -0.39 is 4.92 Å². The van der Waals surface area contributed by atoms with Gasteiger partial charge in [-0.05, 0) is 40.7 Å². The normalized spacial score (nSPS) is 10.3. The molecular formula is C13H12BrN3O3. The van der Waals surface area contributed by atoms with E-state index in [2.05, 4.69) is 26.2 Å². The average Bonchev–Trinajstić information content (AvgIpc) is 2.41. The molecule has 20 heavy (non-hydrogen) atoms. The van der Waals surface area contributed by atoms with E-state index >= 15 is 0 Å². The van der Waals surface area contributed by atoms with Crippen molar-refractivity contribution in [2.45, 2.75) is 6.54 Å². The van der Waals surface area contributed by atoms with E-state index in [0.717, 1.165) is 11.8 Å². The van der Waals surface area contributed by atoms with Gasteiger partial charge >= 0.3 is 5.69 Å². The van der Waals surface area contributed by atoms with Crippen molar-refractivity contribution < 1.29 is 9.66 Å². The predicted octanol–water partition coefficient (Wildman–Crippen LogP) is 3.26. The average molecular weight is 338 g/mol. The van der Waals surface area contributed by atoms with Crippen LogP contribution in [0.15, 0.2) is 41.1 Å². The zero-order chi connectivity index (χ0) is 14.5. The second-order valence-electron chi connectivity index (χ2n) is 4.01. The van der Waals surface area contributed by atoms with Gasteiger partial charge in [0.25, 0.3) is 0 Å². The van der Waals surface area contributed by atoms with Crippen LogP contribution in [0.2, 0.25) is 0 Å². The number of ether oxygens (including phenoxy) is 1. The Balaban J connectivity index is 2.34. The molecule has 2 rings (SSSR count). The summed E-state index contributed by atoms with van der Waals surface area (Å²) in [5.41, 5.74) is 0.844. The summed E-state index contributed by atoms with van der Waals surface area (Å²) in [5, 5.41) is 14.0. The minimum Gasteiger partial charge on any atom is -0.449 e. The number of nitrogens with one attached hydrogen (secondary N) is 1. The number of benzene rings is 1. The number of rotatable bonds is 5. The highest BCUT2D eigenvalue weighted by atomic mass is 79.9.